The van der Waals surface area contributed by atoms with Gasteiger partial charge in [-0.15, -0.1) is 0 Å². The maximum Gasteiger partial charge on any atom is 0.238 e. The van der Waals surface area contributed by atoms with E-state index in [2.05, 4.69) is 17.1 Å². The summed E-state index contributed by atoms with van der Waals surface area (Å²) in [6.07, 6.45) is -0.0794. The number of likely N-dealkylation sites (N-methyl/N-ethyl adjacent to an activating group) is 2. The fraction of sp³-hybridized carbons (Fsp3) is 0.350. The van der Waals surface area contributed by atoms with Crippen molar-refractivity contribution in [2.45, 2.75) is 13.0 Å². The first kappa shape index (κ1) is 19.1. The summed E-state index contributed by atoms with van der Waals surface area (Å²) < 4.78 is 32.5. The average molecular weight is 375 g/mol. The first-order valence-electron chi connectivity index (χ1n) is 8.89. The zero-order valence-electron chi connectivity index (χ0n) is 15.4. The highest BCUT2D eigenvalue weighted by atomic mass is 19.1. The van der Waals surface area contributed by atoms with Gasteiger partial charge in [0.1, 0.15) is 23.5 Å². The molecule has 0 spiro atoms. The Morgan fingerprint density at radius 1 is 1.26 bits per heavy atom. The Balaban J connectivity index is 1.56. The molecule has 27 heavy (non-hydrogen) atoms. The summed E-state index contributed by atoms with van der Waals surface area (Å²) in [6, 6.07) is 10.8. The van der Waals surface area contributed by atoms with Gasteiger partial charge in [-0.25, -0.2) is 8.78 Å². The summed E-state index contributed by atoms with van der Waals surface area (Å²) in [5.41, 5.74) is 1.18. The molecule has 1 amide bonds. The number of nitrogens with zero attached hydrogens (tertiary/aromatic N) is 2. The number of hydrogen-bond donors (Lipinski definition) is 1. The van der Waals surface area contributed by atoms with Gasteiger partial charge < -0.3 is 15.0 Å². The van der Waals surface area contributed by atoms with E-state index < -0.39 is 11.6 Å². The molecule has 0 bridgehead atoms. The highest BCUT2D eigenvalue weighted by Crippen LogP contribution is 2.32. The number of rotatable bonds is 6. The van der Waals surface area contributed by atoms with E-state index in [0.717, 1.165) is 42.7 Å². The lowest BCUT2D eigenvalue weighted by atomic mass is 10.2. The first-order chi connectivity index (χ1) is 12.9. The third-order valence-corrected chi connectivity index (χ3v) is 4.38. The highest BCUT2D eigenvalue weighted by Gasteiger charge is 2.25. The maximum atomic E-state index is 13.2. The second-order valence-electron chi connectivity index (χ2n) is 6.65. The molecule has 0 fully saturated rings. The topological polar surface area (TPSA) is 44.8 Å². The summed E-state index contributed by atoms with van der Waals surface area (Å²) in [6.45, 7) is 4.33. The standard InChI is InChI=1S/C20H23F2N3O2/c1-3-25-12-17(27-19-7-5-4-6-18(19)25)11-24(2)13-20(26)23-16-9-14(21)8-15(22)10-16/h4-10,17H,3,11-13H2,1-2H3,(H,23,26). The smallest absolute Gasteiger partial charge is 0.238 e. The number of fused-ring (bicyclic) bond motifs is 1. The molecule has 144 valence electrons. The number of halogens is 2. The molecule has 0 radical (unpaired) electrons. The van der Waals surface area contributed by atoms with Crippen molar-refractivity contribution in [3.8, 4) is 5.75 Å². The van der Waals surface area contributed by atoms with Crippen molar-refractivity contribution in [2.75, 3.05) is 43.4 Å². The Bertz CT molecular complexity index is 795. The van der Waals surface area contributed by atoms with Crippen molar-refractivity contribution in [2.24, 2.45) is 0 Å². The number of para-hydroxylation sites is 2. The number of carbonyl (C=O) groups excluding carboxylic acids is 1. The van der Waals surface area contributed by atoms with E-state index in [1.54, 1.807) is 0 Å². The van der Waals surface area contributed by atoms with Crippen LogP contribution in [0.2, 0.25) is 0 Å². The van der Waals surface area contributed by atoms with E-state index in [-0.39, 0.29) is 24.2 Å². The zero-order valence-corrected chi connectivity index (χ0v) is 15.4. The van der Waals surface area contributed by atoms with Crippen molar-refractivity contribution in [3.05, 3.63) is 54.1 Å². The molecular weight excluding hydrogens is 352 g/mol. The maximum absolute atomic E-state index is 13.2. The molecular formula is C20H23F2N3O2. The quantitative estimate of drug-likeness (QED) is 0.843. The Morgan fingerprint density at radius 2 is 1.96 bits per heavy atom. The molecule has 1 heterocycles. The Kier molecular flexibility index (Phi) is 5.91. The molecule has 1 aliphatic heterocycles. The van der Waals surface area contributed by atoms with Gasteiger partial charge in [-0.2, -0.15) is 0 Å². The molecule has 1 atom stereocenters. The Hall–Kier alpha value is -2.67. The molecule has 0 saturated carbocycles. The van der Waals surface area contributed by atoms with E-state index in [0.29, 0.717) is 6.54 Å². The minimum absolute atomic E-state index is 0.0794. The van der Waals surface area contributed by atoms with Gasteiger partial charge in [-0.05, 0) is 38.2 Å². The van der Waals surface area contributed by atoms with E-state index in [9.17, 15) is 13.6 Å². The third-order valence-electron chi connectivity index (χ3n) is 4.38. The molecule has 3 rings (SSSR count). The minimum Gasteiger partial charge on any atom is -0.485 e. The molecule has 1 unspecified atom stereocenters. The van der Waals surface area contributed by atoms with Crippen LogP contribution in [0.5, 0.6) is 5.75 Å². The fourth-order valence-corrected chi connectivity index (χ4v) is 3.26. The second-order valence-corrected chi connectivity index (χ2v) is 6.65. The summed E-state index contributed by atoms with van der Waals surface area (Å²) in [5, 5.41) is 2.52. The van der Waals surface area contributed by atoms with Crippen LogP contribution in [-0.2, 0) is 4.79 Å². The van der Waals surface area contributed by atoms with E-state index >= 15 is 0 Å². The monoisotopic (exact) mass is 375 g/mol. The van der Waals surface area contributed by atoms with Gasteiger partial charge in [0.2, 0.25) is 5.91 Å². The van der Waals surface area contributed by atoms with Crippen molar-refractivity contribution >= 4 is 17.3 Å². The molecule has 0 aliphatic carbocycles. The van der Waals surface area contributed by atoms with Gasteiger partial charge >= 0.3 is 0 Å². The van der Waals surface area contributed by atoms with Crippen molar-refractivity contribution < 1.29 is 18.3 Å². The molecule has 7 heteroatoms. The number of anilines is 2. The number of nitrogens with one attached hydrogen (secondary N) is 1. The lowest BCUT2D eigenvalue weighted by Crippen LogP contribution is -2.46. The van der Waals surface area contributed by atoms with E-state index in [1.165, 1.54) is 0 Å². The fourth-order valence-electron chi connectivity index (χ4n) is 3.26. The van der Waals surface area contributed by atoms with Gasteiger partial charge in [0, 0.05) is 24.8 Å². The van der Waals surface area contributed by atoms with Gasteiger partial charge in [0.15, 0.2) is 0 Å². The number of benzene rings is 2. The van der Waals surface area contributed by atoms with Crippen LogP contribution in [0.1, 0.15) is 6.92 Å². The van der Waals surface area contributed by atoms with Crippen LogP contribution in [-0.4, -0.2) is 50.1 Å². The van der Waals surface area contributed by atoms with Crippen LogP contribution < -0.4 is 15.0 Å². The van der Waals surface area contributed by atoms with Gasteiger partial charge in [-0.1, -0.05) is 12.1 Å². The third kappa shape index (κ3) is 4.95. The largest absolute Gasteiger partial charge is 0.485 e. The van der Waals surface area contributed by atoms with Crippen LogP contribution in [0, 0.1) is 11.6 Å². The summed E-state index contributed by atoms with van der Waals surface area (Å²) in [7, 11) is 1.81. The second kappa shape index (κ2) is 8.35. The molecule has 1 aliphatic rings. The summed E-state index contributed by atoms with van der Waals surface area (Å²) in [5.74, 6) is -0.963. The molecule has 1 N–H and O–H groups in total. The van der Waals surface area contributed by atoms with Crippen LogP contribution in [0.4, 0.5) is 20.2 Å². The number of carbonyl (C=O) groups is 1. The molecule has 2 aromatic rings. The zero-order chi connectivity index (χ0) is 19.4. The van der Waals surface area contributed by atoms with E-state index in [4.69, 9.17) is 4.74 Å². The van der Waals surface area contributed by atoms with Crippen molar-refractivity contribution in [1.29, 1.82) is 0 Å². The van der Waals surface area contributed by atoms with Crippen LogP contribution in [0.3, 0.4) is 0 Å². The first-order valence-corrected chi connectivity index (χ1v) is 8.89. The van der Waals surface area contributed by atoms with Crippen LogP contribution >= 0.6 is 0 Å². The van der Waals surface area contributed by atoms with Crippen LogP contribution in [0.15, 0.2) is 42.5 Å². The Labute approximate surface area is 157 Å². The molecule has 2 aromatic carbocycles. The van der Waals surface area contributed by atoms with Crippen molar-refractivity contribution in [1.82, 2.24) is 4.90 Å². The minimum atomic E-state index is -0.729. The van der Waals surface area contributed by atoms with Gasteiger partial charge in [0.25, 0.3) is 0 Å². The Morgan fingerprint density at radius 3 is 2.67 bits per heavy atom. The van der Waals surface area contributed by atoms with Gasteiger partial charge in [-0.3, -0.25) is 9.69 Å². The predicted octanol–water partition coefficient (Wildman–Crippen LogP) is 3.12. The summed E-state index contributed by atoms with van der Waals surface area (Å²) in [4.78, 5) is 16.2. The lowest BCUT2D eigenvalue weighted by molar-refractivity contribution is -0.117. The van der Waals surface area contributed by atoms with E-state index in [1.807, 2.05) is 36.2 Å². The van der Waals surface area contributed by atoms with Gasteiger partial charge in [0.05, 0.1) is 18.8 Å². The average Bonchev–Trinajstić information content (AvgIpc) is 2.59. The number of amides is 1. The van der Waals surface area contributed by atoms with Crippen LogP contribution in [0.25, 0.3) is 0 Å². The highest BCUT2D eigenvalue weighted by molar-refractivity contribution is 5.92. The summed E-state index contributed by atoms with van der Waals surface area (Å²) >= 11 is 0. The predicted molar refractivity (Wildman–Crippen MR) is 101 cm³/mol. The normalized spacial score (nSPS) is 16.0. The number of hydrogen-bond acceptors (Lipinski definition) is 4. The SMILES string of the molecule is CCN1CC(CN(C)CC(=O)Nc2cc(F)cc(F)c2)Oc2ccccc21. The molecule has 0 saturated heterocycles. The molecule has 5 nitrogen and oxygen atoms in total. The van der Waals surface area contributed by atoms with Crippen molar-refractivity contribution in [3.63, 3.8) is 0 Å². The number of ether oxygens (including phenoxy) is 1. The molecule has 0 aromatic heterocycles. The lowest BCUT2D eigenvalue weighted by Gasteiger charge is -2.37.